The molecule has 0 radical (unpaired) electrons. The lowest BCUT2D eigenvalue weighted by molar-refractivity contribution is 0.0697. The van der Waals surface area contributed by atoms with E-state index in [4.69, 9.17) is 0 Å². The van der Waals surface area contributed by atoms with E-state index >= 15 is 0 Å². The first kappa shape index (κ1) is 11.9. The minimum atomic E-state index is -0.903. The van der Waals surface area contributed by atoms with Crippen LogP contribution in [-0.2, 0) is 0 Å². The molecule has 2 heterocycles. The lowest BCUT2D eigenvalue weighted by Gasteiger charge is -2.25. The molecular formula is C13H18N2O2. The molecule has 1 aromatic rings. The SMILES string of the molecule is Cc1cc(N2CC(C)CC2C)c(C(=O)O)cn1. The van der Waals surface area contributed by atoms with E-state index in [1.165, 1.54) is 6.20 Å². The van der Waals surface area contributed by atoms with E-state index in [1.54, 1.807) is 0 Å². The number of aromatic carboxylic acids is 1. The minimum absolute atomic E-state index is 0.302. The van der Waals surface area contributed by atoms with E-state index in [2.05, 4.69) is 23.7 Å². The lowest BCUT2D eigenvalue weighted by Crippen LogP contribution is -2.28. The van der Waals surface area contributed by atoms with Gasteiger partial charge in [-0.05, 0) is 32.3 Å². The molecule has 92 valence electrons. The third-order valence-electron chi connectivity index (χ3n) is 3.34. The minimum Gasteiger partial charge on any atom is -0.478 e. The summed E-state index contributed by atoms with van der Waals surface area (Å²) in [4.78, 5) is 17.5. The van der Waals surface area contributed by atoms with E-state index in [-0.39, 0.29) is 0 Å². The normalized spacial score (nSPS) is 24.1. The molecule has 1 aliphatic heterocycles. The van der Waals surface area contributed by atoms with Gasteiger partial charge in [-0.15, -0.1) is 0 Å². The van der Waals surface area contributed by atoms with Crippen molar-refractivity contribution < 1.29 is 9.90 Å². The Hall–Kier alpha value is -1.58. The lowest BCUT2D eigenvalue weighted by atomic mass is 10.1. The quantitative estimate of drug-likeness (QED) is 0.853. The fourth-order valence-electron chi connectivity index (χ4n) is 2.58. The van der Waals surface area contributed by atoms with Crippen LogP contribution < -0.4 is 4.90 Å². The van der Waals surface area contributed by atoms with E-state index in [0.29, 0.717) is 17.5 Å². The number of nitrogens with zero attached hydrogens (tertiary/aromatic N) is 2. The maximum absolute atomic E-state index is 11.2. The van der Waals surface area contributed by atoms with Crippen LogP contribution in [0.25, 0.3) is 0 Å². The Morgan fingerprint density at radius 1 is 1.53 bits per heavy atom. The van der Waals surface area contributed by atoms with Crippen molar-refractivity contribution in [1.29, 1.82) is 0 Å². The maximum Gasteiger partial charge on any atom is 0.339 e. The van der Waals surface area contributed by atoms with Gasteiger partial charge in [0.1, 0.15) is 5.56 Å². The predicted molar refractivity (Wildman–Crippen MR) is 66.5 cm³/mol. The largest absolute Gasteiger partial charge is 0.478 e. The predicted octanol–water partition coefficient (Wildman–Crippen LogP) is 2.32. The van der Waals surface area contributed by atoms with Gasteiger partial charge in [0.15, 0.2) is 0 Å². The highest BCUT2D eigenvalue weighted by Gasteiger charge is 2.29. The van der Waals surface area contributed by atoms with Crippen LogP contribution in [0.3, 0.4) is 0 Å². The molecule has 2 atom stereocenters. The van der Waals surface area contributed by atoms with Crippen molar-refractivity contribution in [3.8, 4) is 0 Å². The molecule has 0 spiro atoms. The number of hydrogen-bond acceptors (Lipinski definition) is 3. The molecule has 1 fully saturated rings. The number of rotatable bonds is 2. The van der Waals surface area contributed by atoms with Gasteiger partial charge in [0.2, 0.25) is 0 Å². The number of carboxylic acid groups (broad SMARTS) is 1. The second-order valence-electron chi connectivity index (χ2n) is 4.99. The van der Waals surface area contributed by atoms with Crippen LogP contribution in [-0.4, -0.2) is 28.6 Å². The number of hydrogen-bond donors (Lipinski definition) is 1. The summed E-state index contributed by atoms with van der Waals surface area (Å²) in [5.41, 5.74) is 1.97. The van der Waals surface area contributed by atoms with Crippen molar-refractivity contribution >= 4 is 11.7 Å². The molecule has 0 bridgehead atoms. The summed E-state index contributed by atoms with van der Waals surface area (Å²) in [5.74, 6) is -0.292. The molecule has 4 heteroatoms. The first-order valence-electron chi connectivity index (χ1n) is 5.95. The second kappa shape index (κ2) is 4.35. The van der Waals surface area contributed by atoms with Crippen LogP contribution >= 0.6 is 0 Å². The van der Waals surface area contributed by atoms with Gasteiger partial charge >= 0.3 is 5.97 Å². The highest BCUT2D eigenvalue weighted by molar-refractivity contribution is 5.94. The van der Waals surface area contributed by atoms with Crippen LogP contribution in [0.5, 0.6) is 0 Å². The van der Waals surface area contributed by atoms with Gasteiger partial charge in [0.25, 0.3) is 0 Å². The molecule has 0 aliphatic carbocycles. The molecule has 0 amide bonds. The first-order chi connectivity index (χ1) is 7.99. The molecule has 1 aromatic heterocycles. The monoisotopic (exact) mass is 234 g/mol. The van der Waals surface area contributed by atoms with Crippen LogP contribution in [0.4, 0.5) is 5.69 Å². The summed E-state index contributed by atoms with van der Waals surface area (Å²) in [5, 5.41) is 9.20. The van der Waals surface area contributed by atoms with Gasteiger partial charge in [-0.3, -0.25) is 4.98 Å². The van der Waals surface area contributed by atoms with Crippen LogP contribution in [0.1, 0.15) is 36.3 Å². The van der Waals surface area contributed by atoms with Crippen LogP contribution in [0.15, 0.2) is 12.3 Å². The second-order valence-corrected chi connectivity index (χ2v) is 4.99. The van der Waals surface area contributed by atoms with E-state index in [9.17, 15) is 9.90 Å². The smallest absolute Gasteiger partial charge is 0.339 e. The van der Waals surface area contributed by atoms with Crippen molar-refractivity contribution in [3.63, 3.8) is 0 Å². The van der Waals surface area contributed by atoms with Gasteiger partial charge in [-0.1, -0.05) is 6.92 Å². The summed E-state index contributed by atoms with van der Waals surface area (Å²) in [7, 11) is 0. The molecule has 4 nitrogen and oxygen atoms in total. The molecule has 0 saturated carbocycles. The Bertz CT molecular complexity index is 445. The van der Waals surface area contributed by atoms with Crippen molar-refractivity contribution in [2.75, 3.05) is 11.4 Å². The molecule has 1 aliphatic rings. The van der Waals surface area contributed by atoms with Gasteiger partial charge in [0, 0.05) is 24.5 Å². The molecule has 1 N–H and O–H groups in total. The Morgan fingerprint density at radius 3 is 2.76 bits per heavy atom. The van der Waals surface area contributed by atoms with Crippen molar-refractivity contribution in [3.05, 3.63) is 23.5 Å². The standard InChI is InChI=1S/C13H18N2O2/c1-8-4-10(3)15(7-8)12-5-9(2)14-6-11(12)13(16)17/h5-6,8,10H,4,7H2,1-3H3,(H,16,17). The van der Waals surface area contributed by atoms with Gasteiger partial charge in [-0.25, -0.2) is 4.79 Å². The summed E-state index contributed by atoms with van der Waals surface area (Å²) in [6, 6.07) is 2.27. The van der Waals surface area contributed by atoms with Gasteiger partial charge in [-0.2, -0.15) is 0 Å². The van der Waals surface area contributed by atoms with E-state index < -0.39 is 5.97 Å². The Labute approximate surface area is 101 Å². The van der Waals surface area contributed by atoms with E-state index in [0.717, 1.165) is 24.3 Å². The topological polar surface area (TPSA) is 53.4 Å². The average Bonchev–Trinajstić information content (AvgIpc) is 2.57. The number of carbonyl (C=O) groups is 1. The van der Waals surface area contributed by atoms with Crippen LogP contribution in [0, 0.1) is 12.8 Å². The summed E-state index contributed by atoms with van der Waals surface area (Å²) in [6.07, 6.45) is 2.57. The maximum atomic E-state index is 11.2. The number of anilines is 1. The number of aryl methyl sites for hydroxylation is 1. The summed E-state index contributed by atoms with van der Waals surface area (Å²) in [6.45, 7) is 7.15. The van der Waals surface area contributed by atoms with Crippen molar-refractivity contribution in [2.24, 2.45) is 5.92 Å². The van der Waals surface area contributed by atoms with Crippen LogP contribution in [0.2, 0.25) is 0 Å². The number of pyridine rings is 1. The zero-order chi connectivity index (χ0) is 12.6. The fourth-order valence-corrected chi connectivity index (χ4v) is 2.58. The molecule has 0 aromatic carbocycles. The number of aromatic nitrogens is 1. The number of carboxylic acids is 1. The third kappa shape index (κ3) is 2.25. The third-order valence-corrected chi connectivity index (χ3v) is 3.34. The molecule has 17 heavy (non-hydrogen) atoms. The van der Waals surface area contributed by atoms with Gasteiger partial charge in [0.05, 0.1) is 5.69 Å². The Balaban J connectivity index is 2.43. The zero-order valence-corrected chi connectivity index (χ0v) is 10.5. The van der Waals surface area contributed by atoms with Gasteiger partial charge < -0.3 is 10.0 Å². The Morgan fingerprint density at radius 2 is 2.24 bits per heavy atom. The molecule has 2 unspecified atom stereocenters. The molecule has 1 saturated heterocycles. The molecule has 2 rings (SSSR count). The summed E-state index contributed by atoms with van der Waals surface area (Å²) < 4.78 is 0. The highest BCUT2D eigenvalue weighted by Crippen LogP contribution is 2.31. The molecular weight excluding hydrogens is 216 g/mol. The van der Waals surface area contributed by atoms with Crippen molar-refractivity contribution in [1.82, 2.24) is 4.98 Å². The Kier molecular flexibility index (Phi) is 3.05. The zero-order valence-electron chi connectivity index (χ0n) is 10.5. The van der Waals surface area contributed by atoms with E-state index in [1.807, 2.05) is 13.0 Å². The first-order valence-corrected chi connectivity index (χ1v) is 5.95. The summed E-state index contributed by atoms with van der Waals surface area (Å²) >= 11 is 0. The fraction of sp³-hybridized carbons (Fsp3) is 0.538. The van der Waals surface area contributed by atoms with Crippen molar-refractivity contribution in [2.45, 2.75) is 33.2 Å². The highest BCUT2D eigenvalue weighted by atomic mass is 16.4. The average molecular weight is 234 g/mol.